The van der Waals surface area contributed by atoms with Gasteiger partial charge in [0.25, 0.3) is 0 Å². The monoisotopic (exact) mass is 286 g/mol. The topological polar surface area (TPSA) is 67.3 Å². The molecule has 0 aliphatic carbocycles. The van der Waals surface area contributed by atoms with Crippen LogP contribution in [0.2, 0.25) is 5.02 Å². The molecule has 1 saturated heterocycles. The Morgan fingerprint density at radius 1 is 1.47 bits per heavy atom. The van der Waals surface area contributed by atoms with E-state index in [4.69, 9.17) is 23.1 Å². The Balaban J connectivity index is 2.05. The summed E-state index contributed by atoms with van der Waals surface area (Å²) in [4.78, 5) is 2.28. The number of hydrogen-bond donors (Lipinski definition) is 3. The second kappa shape index (κ2) is 5.84. The first-order valence-corrected chi connectivity index (χ1v) is 6.82. The van der Waals surface area contributed by atoms with Crippen LogP contribution in [-0.2, 0) is 0 Å². The normalized spacial score (nSPS) is 20.5. The highest BCUT2D eigenvalue weighted by molar-refractivity contribution is 6.33. The number of nitrogens with zero attached hydrogens (tertiary/aromatic N) is 1. The lowest BCUT2D eigenvalue weighted by Crippen LogP contribution is -2.35. The molecular weight excluding hydrogens is 267 g/mol. The molecule has 19 heavy (non-hydrogen) atoms. The van der Waals surface area contributed by atoms with E-state index in [1.807, 2.05) is 0 Å². The highest BCUT2D eigenvalue weighted by Crippen LogP contribution is 2.34. The van der Waals surface area contributed by atoms with Crippen LogP contribution < -0.4 is 16.8 Å². The molecule has 1 heterocycles. The lowest BCUT2D eigenvalue weighted by atomic mass is 9.98. The highest BCUT2D eigenvalue weighted by atomic mass is 35.5. The van der Waals surface area contributed by atoms with E-state index in [2.05, 4.69) is 17.3 Å². The minimum absolute atomic E-state index is 0.0718. The zero-order valence-electron chi connectivity index (χ0n) is 11.0. The van der Waals surface area contributed by atoms with Gasteiger partial charge in [0.2, 0.25) is 0 Å². The number of likely N-dealkylation sites (tertiary alicyclic amines) is 1. The third-order valence-electron chi connectivity index (χ3n) is 3.55. The molecule has 0 radical (unpaired) electrons. The molecule has 6 heteroatoms. The van der Waals surface area contributed by atoms with Crippen molar-refractivity contribution >= 4 is 28.7 Å². The van der Waals surface area contributed by atoms with Crippen LogP contribution in [0.15, 0.2) is 6.07 Å². The van der Waals surface area contributed by atoms with Gasteiger partial charge in [-0.15, -0.1) is 0 Å². The van der Waals surface area contributed by atoms with Crippen molar-refractivity contribution in [2.24, 2.45) is 5.92 Å². The van der Waals surface area contributed by atoms with E-state index in [0.717, 1.165) is 19.5 Å². The maximum atomic E-state index is 14.0. The maximum Gasteiger partial charge on any atom is 0.169 e. The van der Waals surface area contributed by atoms with Crippen molar-refractivity contribution in [3.63, 3.8) is 0 Å². The molecule has 0 amide bonds. The van der Waals surface area contributed by atoms with Gasteiger partial charge in [0.15, 0.2) is 5.82 Å². The number of nitrogens with one attached hydrogen (secondary N) is 1. The smallest absolute Gasteiger partial charge is 0.169 e. The Labute approximate surface area is 117 Å². The van der Waals surface area contributed by atoms with Gasteiger partial charge in [-0.05, 0) is 38.4 Å². The van der Waals surface area contributed by atoms with E-state index < -0.39 is 5.82 Å². The van der Waals surface area contributed by atoms with Crippen LogP contribution in [0.25, 0.3) is 0 Å². The molecule has 2 rings (SSSR count). The van der Waals surface area contributed by atoms with E-state index in [1.54, 1.807) is 0 Å². The first-order valence-electron chi connectivity index (χ1n) is 6.44. The summed E-state index contributed by atoms with van der Waals surface area (Å²) in [5.74, 6) is -0.0720. The molecule has 1 aromatic rings. The van der Waals surface area contributed by atoms with Gasteiger partial charge in [-0.1, -0.05) is 11.6 Å². The molecule has 1 aliphatic heterocycles. The average molecular weight is 287 g/mol. The van der Waals surface area contributed by atoms with Crippen molar-refractivity contribution in [1.29, 1.82) is 0 Å². The average Bonchev–Trinajstić information content (AvgIpc) is 2.36. The molecule has 4 nitrogen and oxygen atoms in total. The summed E-state index contributed by atoms with van der Waals surface area (Å²) in [7, 11) is 2.10. The third-order valence-corrected chi connectivity index (χ3v) is 3.94. The molecule has 0 bridgehead atoms. The van der Waals surface area contributed by atoms with Crippen molar-refractivity contribution in [2.45, 2.75) is 12.8 Å². The van der Waals surface area contributed by atoms with Crippen LogP contribution in [0.5, 0.6) is 0 Å². The second-order valence-electron chi connectivity index (χ2n) is 5.21. The second-order valence-corrected chi connectivity index (χ2v) is 5.59. The Hall–Kier alpha value is -1.20. The van der Waals surface area contributed by atoms with Gasteiger partial charge < -0.3 is 21.7 Å². The van der Waals surface area contributed by atoms with Crippen LogP contribution in [0.1, 0.15) is 12.8 Å². The van der Waals surface area contributed by atoms with Gasteiger partial charge in [-0.3, -0.25) is 0 Å². The number of nitrogens with two attached hydrogens (primary N) is 2. The predicted molar refractivity (Wildman–Crippen MR) is 78.9 cm³/mol. The number of piperidine rings is 1. The van der Waals surface area contributed by atoms with Crippen molar-refractivity contribution in [1.82, 2.24) is 4.90 Å². The molecule has 0 saturated carbocycles. The predicted octanol–water partition coefficient (Wildman–Crippen LogP) is 2.40. The minimum Gasteiger partial charge on any atom is -0.397 e. The minimum atomic E-state index is -0.566. The molecule has 1 fully saturated rings. The summed E-state index contributed by atoms with van der Waals surface area (Å²) in [6, 6.07) is 1.49. The maximum absolute atomic E-state index is 14.0. The largest absolute Gasteiger partial charge is 0.397 e. The Bertz CT molecular complexity index is 466. The molecule has 1 unspecified atom stereocenters. The van der Waals surface area contributed by atoms with Gasteiger partial charge in [-0.25, -0.2) is 4.39 Å². The number of rotatable bonds is 3. The zero-order chi connectivity index (χ0) is 14.0. The summed E-state index contributed by atoms with van der Waals surface area (Å²) in [6.07, 6.45) is 2.31. The van der Waals surface area contributed by atoms with Crippen LogP contribution in [0, 0.1) is 11.7 Å². The third kappa shape index (κ3) is 3.22. The molecule has 1 atom stereocenters. The SMILES string of the molecule is CN1CCCC(CNc2c(N)cc(N)c(Cl)c2F)C1. The van der Waals surface area contributed by atoms with Crippen molar-refractivity contribution in [3.8, 4) is 0 Å². The zero-order valence-corrected chi connectivity index (χ0v) is 11.8. The van der Waals surface area contributed by atoms with E-state index in [-0.39, 0.29) is 16.4 Å². The van der Waals surface area contributed by atoms with Gasteiger partial charge in [0.1, 0.15) is 5.02 Å². The lowest BCUT2D eigenvalue weighted by molar-refractivity contribution is 0.217. The van der Waals surface area contributed by atoms with Crippen LogP contribution >= 0.6 is 11.6 Å². The Kier molecular flexibility index (Phi) is 4.37. The van der Waals surface area contributed by atoms with E-state index in [1.165, 1.54) is 12.5 Å². The van der Waals surface area contributed by atoms with Gasteiger partial charge in [0, 0.05) is 13.1 Å². The number of anilines is 3. The summed E-state index contributed by atoms with van der Waals surface area (Å²) in [5, 5.41) is 3.00. The molecule has 0 spiro atoms. The summed E-state index contributed by atoms with van der Waals surface area (Å²) < 4.78 is 14.0. The summed E-state index contributed by atoms with van der Waals surface area (Å²) >= 11 is 5.80. The number of hydrogen-bond acceptors (Lipinski definition) is 4. The molecule has 106 valence electrons. The summed E-state index contributed by atoms with van der Waals surface area (Å²) in [6.45, 7) is 2.82. The molecule has 5 N–H and O–H groups in total. The molecule has 1 aromatic carbocycles. The van der Waals surface area contributed by atoms with Gasteiger partial charge >= 0.3 is 0 Å². The fourth-order valence-electron chi connectivity index (χ4n) is 2.53. The Morgan fingerprint density at radius 3 is 2.89 bits per heavy atom. The van der Waals surface area contributed by atoms with Crippen LogP contribution in [-0.4, -0.2) is 31.6 Å². The Morgan fingerprint density at radius 2 is 2.21 bits per heavy atom. The number of nitrogen functional groups attached to an aromatic ring is 2. The first kappa shape index (κ1) is 14.2. The van der Waals surface area contributed by atoms with Crippen molar-refractivity contribution in [3.05, 3.63) is 16.9 Å². The van der Waals surface area contributed by atoms with E-state index in [9.17, 15) is 4.39 Å². The lowest BCUT2D eigenvalue weighted by Gasteiger charge is -2.30. The van der Waals surface area contributed by atoms with Gasteiger partial charge in [-0.2, -0.15) is 0 Å². The van der Waals surface area contributed by atoms with Gasteiger partial charge in [0.05, 0.1) is 17.1 Å². The molecule has 1 aliphatic rings. The number of halogens is 2. The number of benzene rings is 1. The molecular formula is C13H20ClFN4. The van der Waals surface area contributed by atoms with Crippen LogP contribution in [0.3, 0.4) is 0 Å². The quantitative estimate of drug-likeness (QED) is 0.747. The molecule has 0 aromatic heterocycles. The van der Waals surface area contributed by atoms with Crippen LogP contribution in [0.4, 0.5) is 21.5 Å². The fraction of sp³-hybridized carbons (Fsp3) is 0.538. The fourth-order valence-corrected chi connectivity index (χ4v) is 2.68. The van der Waals surface area contributed by atoms with E-state index in [0.29, 0.717) is 18.2 Å². The van der Waals surface area contributed by atoms with E-state index >= 15 is 0 Å². The van der Waals surface area contributed by atoms with Crippen molar-refractivity contribution in [2.75, 3.05) is 43.5 Å². The van der Waals surface area contributed by atoms with Crippen molar-refractivity contribution < 1.29 is 4.39 Å². The summed E-state index contributed by atoms with van der Waals surface area (Å²) in [5.41, 5.74) is 12.1. The standard InChI is InChI=1S/C13H20ClFN4/c1-19-4-2-3-8(7-19)6-18-13-10(17)5-9(16)11(14)12(13)15/h5,8,18H,2-4,6-7,16-17H2,1H3. The first-order chi connectivity index (χ1) is 8.99. The highest BCUT2D eigenvalue weighted by Gasteiger charge is 2.19.